The van der Waals surface area contributed by atoms with Crippen LogP contribution in [0, 0.1) is 5.41 Å². The van der Waals surface area contributed by atoms with Gasteiger partial charge >= 0.3 is 12.2 Å². The molecule has 36 heavy (non-hydrogen) atoms. The number of benzene rings is 1. The Morgan fingerprint density at radius 3 is 2.53 bits per heavy atom. The minimum atomic E-state index is -4.45. The van der Waals surface area contributed by atoms with E-state index < -0.39 is 17.6 Å². The van der Waals surface area contributed by atoms with Gasteiger partial charge in [0.25, 0.3) is 5.91 Å². The molecule has 0 unspecified atom stereocenters. The number of likely N-dealkylation sites (tertiary alicyclic amines) is 2. The van der Waals surface area contributed by atoms with Gasteiger partial charge in [-0.3, -0.25) is 9.69 Å². The third kappa shape index (κ3) is 4.92. The highest BCUT2D eigenvalue weighted by molar-refractivity contribution is 5.93. The van der Waals surface area contributed by atoms with Crippen molar-refractivity contribution < 1.29 is 27.5 Å². The number of nitrogens with two attached hydrogens (primary N) is 1. The Balaban J connectivity index is 1.26. The van der Waals surface area contributed by atoms with Crippen molar-refractivity contribution in [1.29, 1.82) is 0 Å². The average Bonchev–Trinajstić information content (AvgIpc) is 3.60. The van der Waals surface area contributed by atoms with Crippen molar-refractivity contribution in [3.63, 3.8) is 0 Å². The van der Waals surface area contributed by atoms with E-state index in [1.165, 1.54) is 18.5 Å². The Labute approximate surface area is 206 Å². The van der Waals surface area contributed by atoms with Crippen LogP contribution in [0.2, 0.25) is 0 Å². The third-order valence-electron chi connectivity index (χ3n) is 7.46. The second-order valence-electron chi connectivity index (χ2n) is 9.89. The highest BCUT2D eigenvalue weighted by atomic mass is 19.4. The predicted octanol–water partition coefficient (Wildman–Crippen LogP) is 2.40. The van der Waals surface area contributed by atoms with Gasteiger partial charge < -0.3 is 20.3 Å². The molecule has 0 saturated carbocycles. The van der Waals surface area contributed by atoms with E-state index in [4.69, 9.17) is 10.5 Å². The summed E-state index contributed by atoms with van der Waals surface area (Å²) in [6.07, 6.45) is -0.308. The van der Waals surface area contributed by atoms with E-state index in [-0.39, 0.29) is 29.1 Å². The fraction of sp³-hybridized carbons (Fsp3) is 0.542. The van der Waals surface area contributed by atoms with Crippen molar-refractivity contribution in [3.05, 3.63) is 47.3 Å². The number of morpholine rings is 1. The summed E-state index contributed by atoms with van der Waals surface area (Å²) in [4.78, 5) is 29.8. The van der Waals surface area contributed by atoms with Crippen molar-refractivity contribution in [2.75, 3.05) is 57.4 Å². The first-order valence-corrected chi connectivity index (χ1v) is 12.0. The zero-order valence-corrected chi connectivity index (χ0v) is 19.8. The quantitative estimate of drug-likeness (QED) is 0.684. The zero-order chi connectivity index (χ0) is 25.5. The number of hydrogen-bond donors (Lipinski definition) is 1. The molecule has 0 radical (unpaired) electrons. The van der Waals surface area contributed by atoms with Gasteiger partial charge in [0.15, 0.2) is 0 Å². The number of aromatic nitrogens is 2. The number of carbonyl (C=O) groups is 2. The number of anilines is 1. The Hall–Kier alpha value is -3.12. The lowest BCUT2D eigenvalue weighted by Crippen LogP contribution is -2.37. The van der Waals surface area contributed by atoms with Crippen molar-refractivity contribution in [3.8, 4) is 0 Å². The lowest BCUT2D eigenvalue weighted by molar-refractivity contribution is -0.138. The molecular formula is C24H29F3N6O3. The monoisotopic (exact) mass is 506 g/mol. The van der Waals surface area contributed by atoms with E-state index in [0.29, 0.717) is 58.2 Å². The molecule has 0 aliphatic carbocycles. The molecule has 2 amide bonds. The van der Waals surface area contributed by atoms with E-state index in [1.54, 1.807) is 17.0 Å². The van der Waals surface area contributed by atoms with Crippen LogP contribution in [0.1, 0.15) is 34.3 Å². The van der Waals surface area contributed by atoms with Crippen LogP contribution in [-0.2, 0) is 17.5 Å². The summed E-state index contributed by atoms with van der Waals surface area (Å²) in [6.45, 7) is 4.66. The second-order valence-corrected chi connectivity index (χ2v) is 9.89. The van der Waals surface area contributed by atoms with E-state index in [2.05, 4.69) is 5.10 Å². The summed E-state index contributed by atoms with van der Waals surface area (Å²) in [5.74, 6) is -0.658. The van der Waals surface area contributed by atoms with Gasteiger partial charge in [0, 0.05) is 56.6 Å². The van der Waals surface area contributed by atoms with Gasteiger partial charge in [-0.05, 0) is 37.1 Å². The molecule has 5 rings (SSSR count). The van der Waals surface area contributed by atoms with Crippen LogP contribution in [0.5, 0.6) is 0 Å². The van der Waals surface area contributed by atoms with Gasteiger partial charge in [0.1, 0.15) is 0 Å². The fourth-order valence-corrected chi connectivity index (χ4v) is 5.52. The fourth-order valence-electron chi connectivity index (χ4n) is 5.52. The molecule has 1 atom stereocenters. The number of halogens is 3. The van der Waals surface area contributed by atoms with E-state index in [0.717, 1.165) is 17.5 Å². The summed E-state index contributed by atoms with van der Waals surface area (Å²) in [5, 5.41) is 3.94. The Bertz CT molecular complexity index is 1150. The summed E-state index contributed by atoms with van der Waals surface area (Å²) < 4.78 is 48.3. The summed E-state index contributed by atoms with van der Waals surface area (Å²) in [7, 11) is 0. The number of nitrogens with zero attached hydrogens (tertiary/aromatic N) is 5. The summed E-state index contributed by atoms with van der Waals surface area (Å²) >= 11 is 0. The first kappa shape index (κ1) is 24.6. The van der Waals surface area contributed by atoms with Crippen LogP contribution in [0.25, 0.3) is 0 Å². The highest BCUT2D eigenvalue weighted by Gasteiger charge is 2.45. The third-order valence-corrected chi connectivity index (χ3v) is 7.46. The smallest absolute Gasteiger partial charge is 0.378 e. The molecule has 2 N–H and O–H groups in total. The lowest BCUT2D eigenvalue weighted by Gasteiger charge is -2.30. The van der Waals surface area contributed by atoms with Crippen LogP contribution < -0.4 is 10.6 Å². The molecular weight excluding hydrogens is 477 g/mol. The number of primary amides is 1. The SMILES string of the molecule is NC(=O)c1cnn(C(=O)N2CC[C@]3(CCN(Cc4ccc(N5CCOCC5)cc4C(F)(F)F)C3)C2)c1. The number of ether oxygens (including phenoxy) is 1. The van der Waals surface area contributed by atoms with Gasteiger partial charge in [-0.1, -0.05) is 6.07 Å². The molecule has 1 aromatic carbocycles. The number of hydrogen-bond acceptors (Lipinski definition) is 6. The van der Waals surface area contributed by atoms with E-state index >= 15 is 0 Å². The minimum Gasteiger partial charge on any atom is -0.378 e. The first-order chi connectivity index (χ1) is 17.1. The van der Waals surface area contributed by atoms with Crippen molar-refractivity contribution in [2.45, 2.75) is 25.6 Å². The minimum absolute atomic E-state index is 0.157. The van der Waals surface area contributed by atoms with Gasteiger partial charge in [0.05, 0.1) is 30.5 Å². The largest absolute Gasteiger partial charge is 0.416 e. The topological polar surface area (TPSA) is 96.9 Å². The van der Waals surface area contributed by atoms with Crippen LogP contribution in [-0.4, -0.2) is 84.0 Å². The van der Waals surface area contributed by atoms with Crippen LogP contribution >= 0.6 is 0 Å². The highest BCUT2D eigenvalue weighted by Crippen LogP contribution is 2.41. The van der Waals surface area contributed by atoms with Crippen LogP contribution in [0.4, 0.5) is 23.7 Å². The van der Waals surface area contributed by atoms with Crippen LogP contribution in [0.15, 0.2) is 30.6 Å². The zero-order valence-electron chi connectivity index (χ0n) is 19.8. The normalized spacial score (nSPS) is 23.1. The van der Waals surface area contributed by atoms with Gasteiger partial charge in [-0.15, -0.1) is 0 Å². The predicted molar refractivity (Wildman–Crippen MR) is 125 cm³/mol. The van der Waals surface area contributed by atoms with Crippen LogP contribution in [0.3, 0.4) is 0 Å². The molecule has 1 aromatic heterocycles. The Morgan fingerprint density at radius 2 is 1.83 bits per heavy atom. The molecule has 3 aliphatic rings. The van der Waals surface area contributed by atoms with E-state index in [9.17, 15) is 22.8 Å². The molecule has 194 valence electrons. The maximum atomic E-state index is 14.0. The average molecular weight is 507 g/mol. The Kier molecular flexibility index (Phi) is 6.41. The molecule has 3 aliphatic heterocycles. The molecule has 2 aromatic rings. The molecule has 3 fully saturated rings. The molecule has 0 bridgehead atoms. The van der Waals surface area contributed by atoms with E-state index in [1.807, 2.05) is 9.80 Å². The summed E-state index contributed by atoms with van der Waals surface area (Å²) in [5.41, 5.74) is 5.46. The first-order valence-electron chi connectivity index (χ1n) is 12.0. The van der Waals surface area contributed by atoms with Crippen molar-refractivity contribution in [2.24, 2.45) is 11.1 Å². The standard InChI is InChI=1S/C24H29F3N6O3/c25-24(26,27)20-11-19(31-7-9-36-10-8-31)2-1-17(20)13-30-5-3-23(15-30)4-6-32(16-23)22(35)33-14-18(12-29-33)21(28)34/h1-2,11-12,14H,3-10,13,15-16H2,(H2,28,34)/t23-/m0/s1. The van der Waals surface area contributed by atoms with Crippen molar-refractivity contribution in [1.82, 2.24) is 19.6 Å². The lowest BCUT2D eigenvalue weighted by atomic mass is 9.86. The number of rotatable bonds is 4. The van der Waals surface area contributed by atoms with Crippen molar-refractivity contribution >= 4 is 17.6 Å². The molecule has 4 heterocycles. The Morgan fingerprint density at radius 1 is 1.08 bits per heavy atom. The van der Waals surface area contributed by atoms with Gasteiger partial charge in [-0.2, -0.15) is 23.0 Å². The van der Waals surface area contributed by atoms with Gasteiger partial charge in [0.2, 0.25) is 0 Å². The summed E-state index contributed by atoms with van der Waals surface area (Å²) in [6, 6.07) is 4.28. The molecule has 12 heteroatoms. The maximum Gasteiger partial charge on any atom is 0.416 e. The number of amides is 2. The molecule has 9 nitrogen and oxygen atoms in total. The molecule has 3 saturated heterocycles. The number of carbonyl (C=O) groups excluding carboxylic acids is 2. The number of alkyl halides is 3. The van der Waals surface area contributed by atoms with Gasteiger partial charge in [-0.25, -0.2) is 4.79 Å². The maximum absolute atomic E-state index is 14.0. The second kappa shape index (κ2) is 9.40. The molecule has 1 spiro atoms.